The molecule has 1 aliphatic rings. The van der Waals surface area contributed by atoms with Gasteiger partial charge in [0.15, 0.2) is 0 Å². The van der Waals surface area contributed by atoms with Crippen LogP contribution in [0.2, 0.25) is 0 Å². The maximum absolute atomic E-state index is 12.8. The third-order valence-corrected chi connectivity index (χ3v) is 3.84. The highest BCUT2D eigenvalue weighted by Gasteiger charge is 2.47. The van der Waals surface area contributed by atoms with Crippen LogP contribution in [0, 0.1) is 23.2 Å². The van der Waals surface area contributed by atoms with Gasteiger partial charge >= 0.3 is 6.18 Å². The van der Waals surface area contributed by atoms with Crippen LogP contribution in [-0.4, -0.2) is 6.18 Å². The van der Waals surface area contributed by atoms with Gasteiger partial charge in [-0.15, -0.1) is 0 Å². The molecule has 0 amide bonds. The molecule has 90 valence electrons. The minimum Gasteiger partial charge on any atom is -0.171 e. The molecule has 0 N–H and O–H groups in total. The highest BCUT2D eigenvalue weighted by atomic mass is 19.4. The van der Waals surface area contributed by atoms with Crippen molar-refractivity contribution < 1.29 is 13.2 Å². The fraction of sp³-hybridized carbons (Fsp3) is 1.00. The van der Waals surface area contributed by atoms with Crippen molar-refractivity contribution in [2.24, 2.45) is 23.2 Å². The molecule has 0 aromatic heterocycles. The first-order valence-electron chi connectivity index (χ1n) is 5.69. The van der Waals surface area contributed by atoms with Crippen LogP contribution in [-0.2, 0) is 0 Å². The zero-order valence-corrected chi connectivity index (χ0v) is 9.99. The summed E-state index contributed by atoms with van der Waals surface area (Å²) in [4.78, 5) is 0. The normalized spacial score (nSPS) is 34.2. The van der Waals surface area contributed by atoms with Crippen LogP contribution in [0.1, 0.15) is 47.0 Å². The Kier molecular flexibility index (Phi) is 3.42. The van der Waals surface area contributed by atoms with Crippen molar-refractivity contribution in [1.82, 2.24) is 0 Å². The largest absolute Gasteiger partial charge is 0.392 e. The molecule has 1 rings (SSSR count). The van der Waals surface area contributed by atoms with E-state index in [2.05, 4.69) is 0 Å². The summed E-state index contributed by atoms with van der Waals surface area (Å²) in [5, 5.41) is 0. The van der Waals surface area contributed by atoms with E-state index in [0.29, 0.717) is 12.8 Å². The Morgan fingerprint density at radius 1 is 1.00 bits per heavy atom. The lowest BCUT2D eigenvalue weighted by atomic mass is 9.66. The molecule has 0 aromatic carbocycles. The van der Waals surface area contributed by atoms with Crippen molar-refractivity contribution in [3.63, 3.8) is 0 Å². The molecule has 3 heteroatoms. The first-order valence-corrected chi connectivity index (χ1v) is 5.69. The number of hydrogen-bond acceptors (Lipinski definition) is 0. The van der Waals surface area contributed by atoms with Gasteiger partial charge in [0, 0.05) is 0 Å². The lowest BCUT2D eigenvalue weighted by Gasteiger charge is -2.41. The SMILES string of the molecule is CC1CCC(C(C)(C)C)CC1C(F)(F)F. The van der Waals surface area contributed by atoms with Crippen molar-refractivity contribution in [1.29, 1.82) is 0 Å². The predicted octanol–water partition coefficient (Wildman–Crippen LogP) is 4.65. The molecular weight excluding hydrogens is 201 g/mol. The fourth-order valence-electron chi connectivity index (χ4n) is 2.56. The second kappa shape index (κ2) is 3.99. The summed E-state index contributed by atoms with van der Waals surface area (Å²) in [6.07, 6.45) is -2.04. The van der Waals surface area contributed by atoms with Gasteiger partial charge in [-0.3, -0.25) is 0 Å². The maximum atomic E-state index is 12.8. The van der Waals surface area contributed by atoms with Crippen molar-refractivity contribution >= 4 is 0 Å². The molecule has 0 radical (unpaired) electrons. The molecule has 0 aliphatic heterocycles. The van der Waals surface area contributed by atoms with E-state index in [1.54, 1.807) is 6.92 Å². The summed E-state index contributed by atoms with van der Waals surface area (Å²) in [5.41, 5.74) is 0.00361. The van der Waals surface area contributed by atoms with E-state index >= 15 is 0 Å². The molecule has 0 saturated heterocycles. The van der Waals surface area contributed by atoms with Gasteiger partial charge in [-0.2, -0.15) is 13.2 Å². The van der Waals surface area contributed by atoms with Crippen LogP contribution < -0.4 is 0 Å². The average Bonchev–Trinajstić information content (AvgIpc) is 2.00. The molecule has 1 saturated carbocycles. The molecule has 1 aliphatic carbocycles. The highest BCUT2D eigenvalue weighted by Crippen LogP contribution is 2.48. The van der Waals surface area contributed by atoms with E-state index < -0.39 is 12.1 Å². The Hall–Kier alpha value is -0.210. The lowest BCUT2D eigenvalue weighted by Crippen LogP contribution is -2.38. The standard InChI is InChI=1S/C12H21F3/c1-8-5-6-9(11(2,3)4)7-10(8)12(13,14)15/h8-10H,5-7H2,1-4H3. The average molecular weight is 222 g/mol. The molecule has 3 unspecified atom stereocenters. The van der Waals surface area contributed by atoms with Crippen LogP contribution in [0.15, 0.2) is 0 Å². The van der Waals surface area contributed by atoms with Crippen molar-refractivity contribution in [3.8, 4) is 0 Å². The van der Waals surface area contributed by atoms with Gasteiger partial charge in [-0.1, -0.05) is 27.7 Å². The highest BCUT2D eigenvalue weighted by molar-refractivity contribution is 4.87. The Labute approximate surface area is 90.2 Å². The third-order valence-electron chi connectivity index (χ3n) is 3.84. The zero-order valence-electron chi connectivity index (χ0n) is 9.99. The first kappa shape index (κ1) is 12.9. The Bertz CT molecular complexity index is 212. The Morgan fingerprint density at radius 3 is 1.93 bits per heavy atom. The molecule has 0 heterocycles. The topological polar surface area (TPSA) is 0 Å². The summed E-state index contributed by atoms with van der Waals surface area (Å²) >= 11 is 0. The van der Waals surface area contributed by atoms with Gasteiger partial charge < -0.3 is 0 Å². The van der Waals surface area contributed by atoms with E-state index in [0.717, 1.165) is 6.42 Å². The molecule has 0 bridgehead atoms. The first-order chi connectivity index (χ1) is 6.62. The predicted molar refractivity (Wildman–Crippen MR) is 55.5 cm³/mol. The fourth-order valence-corrected chi connectivity index (χ4v) is 2.56. The Balaban J connectivity index is 2.73. The number of alkyl halides is 3. The molecule has 0 spiro atoms. The van der Waals surface area contributed by atoms with Gasteiger partial charge in [0.1, 0.15) is 0 Å². The van der Waals surface area contributed by atoms with E-state index in [4.69, 9.17) is 0 Å². The van der Waals surface area contributed by atoms with Crippen LogP contribution in [0.3, 0.4) is 0 Å². The monoisotopic (exact) mass is 222 g/mol. The van der Waals surface area contributed by atoms with Crippen LogP contribution in [0.4, 0.5) is 13.2 Å². The van der Waals surface area contributed by atoms with Gasteiger partial charge in [0.2, 0.25) is 0 Å². The van der Waals surface area contributed by atoms with Crippen LogP contribution in [0.25, 0.3) is 0 Å². The van der Waals surface area contributed by atoms with Gasteiger partial charge in [-0.25, -0.2) is 0 Å². The zero-order chi connectivity index (χ0) is 11.9. The molecule has 3 atom stereocenters. The Morgan fingerprint density at radius 2 is 1.53 bits per heavy atom. The summed E-state index contributed by atoms with van der Waals surface area (Å²) in [6.45, 7) is 7.86. The van der Waals surface area contributed by atoms with E-state index in [9.17, 15) is 13.2 Å². The summed E-state index contributed by atoms with van der Waals surface area (Å²) in [5.74, 6) is -1.08. The minimum atomic E-state index is -4.01. The molecule has 0 aromatic rings. The number of rotatable bonds is 0. The minimum absolute atomic E-state index is 0.00361. The molecule has 0 nitrogen and oxygen atoms in total. The van der Waals surface area contributed by atoms with Gasteiger partial charge in [-0.05, 0) is 36.5 Å². The van der Waals surface area contributed by atoms with Crippen molar-refractivity contribution in [3.05, 3.63) is 0 Å². The van der Waals surface area contributed by atoms with Crippen molar-refractivity contribution in [2.75, 3.05) is 0 Å². The quantitative estimate of drug-likeness (QED) is 0.559. The number of halogens is 3. The summed E-state index contributed by atoms with van der Waals surface area (Å²) in [6, 6.07) is 0. The van der Waals surface area contributed by atoms with Crippen LogP contribution >= 0.6 is 0 Å². The van der Waals surface area contributed by atoms with Gasteiger partial charge in [0.05, 0.1) is 5.92 Å². The molecule has 15 heavy (non-hydrogen) atoms. The molecular formula is C12H21F3. The van der Waals surface area contributed by atoms with Gasteiger partial charge in [0.25, 0.3) is 0 Å². The maximum Gasteiger partial charge on any atom is 0.392 e. The number of hydrogen-bond donors (Lipinski definition) is 0. The second-order valence-corrected chi connectivity index (χ2v) is 6.00. The van der Waals surface area contributed by atoms with E-state index in [-0.39, 0.29) is 17.3 Å². The smallest absolute Gasteiger partial charge is 0.171 e. The van der Waals surface area contributed by atoms with Crippen molar-refractivity contribution in [2.45, 2.75) is 53.1 Å². The molecule has 1 fully saturated rings. The third kappa shape index (κ3) is 3.12. The summed E-state index contributed by atoms with van der Waals surface area (Å²) < 4.78 is 38.3. The van der Waals surface area contributed by atoms with E-state index in [1.807, 2.05) is 20.8 Å². The lowest BCUT2D eigenvalue weighted by molar-refractivity contribution is -0.202. The van der Waals surface area contributed by atoms with Crippen LogP contribution in [0.5, 0.6) is 0 Å². The second-order valence-electron chi connectivity index (χ2n) is 6.00. The van der Waals surface area contributed by atoms with E-state index in [1.165, 1.54) is 0 Å². The summed E-state index contributed by atoms with van der Waals surface area (Å²) in [7, 11) is 0.